The van der Waals surface area contributed by atoms with Crippen LogP contribution in [0.25, 0.3) is 0 Å². The monoisotopic (exact) mass is 371 g/mol. The highest BCUT2D eigenvalue weighted by atomic mass is 14.8. The van der Waals surface area contributed by atoms with Crippen LogP contribution in [0, 0.1) is 6.92 Å². The van der Waals surface area contributed by atoms with Crippen LogP contribution in [0.15, 0.2) is 61.3 Å². The summed E-state index contributed by atoms with van der Waals surface area (Å²) >= 11 is 0. The van der Waals surface area contributed by atoms with Crippen molar-refractivity contribution in [3.05, 3.63) is 78.0 Å². The average Bonchev–Trinajstić information content (AvgIpc) is 2.73. The van der Waals surface area contributed by atoms with Crippen molar-refractivity contribution >= 4 is 5.69 Å². The minimum Gasteiger partial charge on any atom is -0.362 e. The molecular formula is C26H45N. The summed E-state index contributed by atoms with van der Waals surface area (Å²) in [7, 11) is 0. The van der Waals surface area contributed by atoms with Crippen molar-refractivity contribution in [2.24, 2.45) is 0 Å². The number of hydrogen-bond acceptors (Lipinski definition) is 1. The van der Waals surface area contributed by atoms with Crippen molar-refractivity contribution < 1.29 is 0 Å². The summed E-state index contributed by atoms with van der Waals surface area (Å²) in [6, 6.07) is 17.0. The molecule has 0 heterocycles. The van der Waals surface area contributed by atoms with E-state index in [2.05, 4.69) is 82.9 Å². The SMILES string of the molecule is C=CNc1cccc(CC)c1.CC.CC.CCC.CCc1ccc(C)cc1. The minimum absolute atomic E-state index is 1.08. The molecule has 2 aromatic rings. The highest BCUT2D eigenvalue weighted by Gasteiger charge is 1.89. The van der Waals surface area contributed by atoms with E-state index in [1.165, 1.54) is 23.1 Å². The van der Waals surface area contributed by atoms with Gasteiger partial charge in [-0.15, -0.1) is 0 Å². The van der Waals surface area contributed by atoms with Gasteiger partial charge in [-0.2, -0.15) is 0 Å². The first kappa shape index (κ1) is 29.7. The molecule has 27 heavy (non-hydrogen) atoms. The quantitative estimate of drug-likeness (QED) is 0.566. The second-order valence-electron chi connectivity index (χ2n) is 5.45. The molecule has 0 aliphatic rings. The number of aryl methyl sites for hydroxylation is 3. The highest BCUT2D eigenvalue weighted by Crippen LogP contribution is 2.10. The van der Waals surface area contributed by atoms with Crippen LogP contribution in [-0.2, 0) is 12.8 Å². The van der Waals surface area contributed by atoms with E-state index in [-0.39, 0.29) is 0 Å². The Morgan fingerprint density at radius 1 is 0.778 bits per heavy atom. The van der Waals surface area contributed by atoms with Gasteiger partial charge in [0.2, 0.25) is 0 Å². The predicted octanol–water partition coefficient (Wildman–Crippen LogP) is 8.83. The van der Waals surface area contributed by atoms with E-state index in [1.54, 1.807) is 6.20 Å². The fourth-order valence-electron chi connectivity index (χ4n) is 1.82. The first-order valence-corrected chi connectivity index (χ1v) is 10.6. The van der Waals surface area contributed by atoms with E-state index in [4.69, 9.17) is 0 Å². The summed E-state index contributed by atoms with van der Waals surface area (Å²) in [4.78, 5) is 0. The third kappa shape index (κ3) is 18.6. The zero-order valence-electron chi connectivity index (χ0n) is 19.5. The summed E-state index contributed by atoms with van der Waals surface area (Å²) < 4.78 is 0. The molecule has 0 saturated heterocycles. The van der Waals surface area contributed by atoms with Gasteiger partial charge in [0, 0.05) is 5.69 Å². The Morgan fingerprint density at radius 3 is 1.67 bits per heavy atom. The van der Waals surface area contributed by atoms with Crippen LogP contribution in [0.5, 0.6) is 0 Å². The lowest BCUT2D eigenvalue weighted by Gasteiger charge is -2.01. The predicted molar refractivity (Wildman–Crippen MR) is 129 cm³/mol. The normalized spacial score (nSPS) is 8.04. The Morgan fingerprint density at radius 2 is 1.26 bits per heavy atom. The Labute approximate surface area is 170 Å². The molecule has 0 aromatic heterocycles. The maximum atomic E-state index is 3.60. The van der Waals surface area contributed by atoms with Crippen LogP contribution in [0.4, 0.5) is 5.69 Å². The van der Waals surface area contributed by atoms with Gasteiger partial charge >= 0.3 is 0 Å². The molecule has 154 valence electrons. The van der Waals surface area contributed by atoms with Crippen LogP contribution >= 0.6 is 0 Å². The van der Waals surface area contributed by atoms with Crippen LogP contribution in [0.3, 0.4) is 0 Å². The van der Waals surface area contributed by atoms with E-state index in [1.807, 2.05) is 39.8 Å². The number of anilines is 1. The number of rotatable bonds is 4. The third-order valence-corrected chi connectivity index (χ3v) is 3.13. The summed E-state index contributed by atoms with van der Waals surface area (Å²) in [5.41, 5.74) is 5.21. The van der Waals surface area contributed by atoms with E-state index in [9.17, 15) is 0 Å². The lowest BCUT2D eigenvalue weighted by molar-refractivity contribution is 1.09. The lowest BCUT2D eigenvalue weighted by atomic mass is 10.1. The summed E-state index contributed by atoms with van der Waals surface area (Å²) in [5.74, 6) is 0. The van der Waals surface area contributed by atoms with Gasteiger partial charge in [-0.3, -0.25) is 0 Å². The molecule has 2 rings (SSSR count). The Hall–Kier alpha value is -2.02. The van der Waals surface area contributed by atoms with Crippen molar-refractivity contribution in [2.75, 3.05) is 5.32 Å². The molecule has 0 unspecified atom stereocenters. The van der Waals surface area contributed by atoms with Gasteiger partial charge in [-0.1, -0.05) is 110 Å². The topological polar surface area (TPSA) is 12.0 Å². The maximum Gasteiger partial charge on any atom is 0.0382 e. The Bertz CT molecular complexity index is 526. The first-order valence-electron chi connectivity index (χ1n) is 10.6. The maximum absolute atomic E-state index is 3.60. The molecule has 0 aliphatic carbocycles. The van der Waals surface area contributed by atoms with Crippen molar-refractivity contribution in [1.29, 1.82) is 0 Å². The average molecular weight is 372 g/mol. The van der Waals surface area contributed by atoms with Crippen LogP contribution < -0.4 is 5.32 Å². The van der Waals surface area contributed by atoms with Gasteiger partial charge < -0.3 is 5.32 Å². The summed E-state index contributed by atoms with van der Waals surface area (Å²) in [5, 5.41) is 3.05. The zero-order valence-corrected chi connectivity index (χ0v) is 19.5. The molecule has 0 saturated carbocycles. The summed E-state index contributed by atoms with van der Waals surface area (Å²) in [6.07, 6.45) is 5.15. The molecule has 0 bridgehead atoms. The third-order valence-electron chi connectivity index (χ3n) is 3.13. The molecule has 1 N–H and O–H groups in total. The molecule has 0 amide bonds. The van der Waals surface area contributed by atoms with Crippen molar-refractivity contribution in [3.63, 3.8) is 0 Å². The van der Waals surface area contributed by atoms with Gasteiger partial charge in [-0.05, 0) is 49.2 Å². The molecule has 0 spiro atoms. The molecular weight excluding hydrogens is 326 g/mol. The lowest BCUT2D eigenvalue weighted by Crippen LogP contribution is -1.87. The van der Waals surface area contributed by atoms with Crippen molar-refractivity contribution in [1.82, 2.24) is 0 Å². The molecule has 0 fully saturated rings. The van der Waals surface area contributed by atoms with Gasteiger partial charge in [-0.25, -0.2) is 0 Å². The standard InChI is InChI=1S/C10H13N.C9H12.C3H8.2C2H6/c1-3-9-6-5-7-10(8-9)11-4-2;1-3-9-6-4-8(2)5-7-9;1-3-2;2*1-2/h4-8,11H,2-3H2,1H3;4-7H,3H2,1-2H3;3H2,1-2H3;2*1-2H3. The highest BCUT2D eigenvalue weighted by molar-refractivity contribution is 5.47. The van der Waals surface area contributed by atoms with Crippen LogP contribution in [0.2, 0.25) is 0 Å². The van der Waals surface area contributed by atoms with Gasteiger partial charge in [0.15, 0.2) is 0 Å². The van der Waals surface area contributed by atoms with Crippen LogP contribution in [-0.4, -0.2) is 0 Å². The first-order chi connectivity index (χ1) is 13.1. The fourth-order valence-corrected chi connectivity index (χ4v) is 1.82. The zero-order chi connectivity index (χ0) is 21.5. The van der Waals surface area contributed by atoms with Crippen LogP contribution in [0.1, 0.15) is 78.5 Å². The smallest absolute Gasteiger partial charge is 0.0382 e. The number of nitrogens with one attached hydrogen (secondary N) is 1. The number of hydrogen-bond donors (Lipinski definition) is 1. The fraction of sp³-hybridized carbons (Fsp3) is 0.462. The van der Waals surface area contributed by atoms with Gasteiger partial charge in [0.1, 0.15) is 0 Å². The van der Waals surface area contributed by atoms with Gasteiger partial charge in [0.05, 0.1) is 0 Å². The molecule has 1 nitrogen and oxygen atoms in total. The molecule has 2 aromatic carbocycles. The Kier molecular flexibility index (Phi) is 26.4. The second kappa shape index (κ2) is 24.0. The summed E-state index contributed by atoms with van der Waals surface area (Å²) in [6.45, 7) is 22.3. The van der Waals surface area contributed by atoms with E-state index < -0.39 is 0 Å². The number of benzene rings is 2. The molecule has 0 aliphatic heterocycles. The molecule has 0 radical (unpaired) electrons. The second-order valence-corrected chi connectivity index (χ2v) is 5.45. The largest absolute Gasteiger partial charge is 0.362 e. The minimum atomic E-state index is 1.08. The van der Waals surface area contributed by atoms with E-state index in [0.29, 0.717) is 0 Å². The Balaban J connectivity index is -0.000000324. The van der Waals surface area contributed by atoms with Crippen molar-refractivity contribution in [2.45, 2.75) is 81.6 Å². The van der Waals surface area contributed by atoms with E-state index in [0.717, 1.165) is 18.5 Å². The molecule has 0 atom stereocenters. The van der Waals surface area contributed by atoms with Gasteiger partial charge in [0.25, 0.3) is 0 Å². The molecule has 1 heteroatoms. The van der Waals surface area contributed by atoms with Crippen molar-refractivity contribution in [3.8, 4) is 0 Å². The van der Waals surface area contributed by atoms with E-state index >= 15 is 0 Å².